The number of hydrogen-bond acceptors (Lipinski definition) is 2. The molecule has 0 spiro atoms. The molecule has 1 unspecified atom stereocenters. The van der Waals surface area contributed by atoms with E-state index in [-0.39, 0.29) is 0 Å². The molecule has 1 atom stereocenters. The highest BCUT2D eigenvalue weighted by molar-refractivity contribution is 5.41. The van der Waals surface area contributed by atoms with E-state index in [9.17, 15) is 0 Å². The zero-order chi connectivity index (χ0) is 14.0. The maximum atomic E-state index is 5.93. The van der Waals surface area contributed by atoms with Crippen molar-refractivity contribution in [2.24, 2.45) is 11.7 Å². The third-order valence-electron chi connectivity index (χ3n) is 3.59. The standard InChI is InChI=1S/C16H23N3/c1-11(2)15(8-17)16-9-18-10-19(16)14-6-12(3)5-13(4)7-14/h5-7,9-11,15H,8,17H2,1-4H3. The van der Waals surface area contributed by atoms with Gasteiger partial charge in [0.2, 0.25) is 0 Å². The van der Waals surface area contributed by atoms with Gasteiger partial charge >= 0.3 is 0 Å². The van der Waals surface area contributed by atoms with Gasteiger partial charge in [-0.25, -0.2) is 4.98 Å². The van der Waals surface area contributed by atoms with Crippen LogP contribution in [0.25, 0.3) is 5.69 Å². The van der Waals surface area contributed by atoms with Gasteiger partial charge in [-0.15, -0.1) is 0 Å². The molecule has 1 aromatic carbocycles. The molecule has 0 aliphatic heterocycles. The van der Waals surface area contributed by atoms with E-state index in [1.54, 1.807) is 0 Å². The Morgan fingerprint density at radius 3 is 2.32 bits per heavy atom. The van der Waals surface area contributed by atoms with Crippen molar-refractivity contribution in [1.29, 1.82) is 0 Å². The van der Waals surface area contributed by atoms with Crippen LogP contribution >= 0.6 is 0 Å². The van der Waals surface area contributed by atoms with E-state index in [0.717, 1.165) is 0 Å². The Labute approximate surface area is 115 Å². The smallest absolute Gasteiger partial charge is 0.0994 e. The number of hydrogen-bond donors (Lipinski definition) is 1. The van der Waals surface area contributed by atoms with Gasteiger partial charge in [0.1, 0.15) is 0 Å². The topological polar surface area (TPSA) is 43.8 Å². The molecule has 0 saturated carbocycles. The van der Waals surface area contributed by atoms with E-state index in [1.165, 1.54) is 22.5 Å². The summed E-state index contributed by atoms with van der Waals surface area (Å²) in [6, 6.07) is 6.56. The first-order valence-corrected chi connectivity index (χ1v) is 6.84. The molecular formula is C16H23N3. The molecule has 0 saturated heterocycles. The molecule has 0 amide bonds. The SMILES string of the molecule is Cc1cc(C)cc(-n2cncc2C(CN)C(C)C)c1. The molecule has 0 bridgehead atoms. The highest BCUT2D eigenvalue weighted by Gasteiger charge is 2.19. The van der Waals surface area contributed by atoms with E-state index in [4.69, 9.17) is 5.73 Å². The van der Waals surface area contributed by atoms with E-state index < -0.39 is 0 Å². The molecule has 0 aliphatic rings. The fourth-order valence-electron chi connectivity index (χ4n) is 2.62. The Morgan fingerprint density at radius 2 is 1.79 bits per heavy atom. The van der Waals surface area contributed by atoms with Crippen molar-refractivity contribution >= 4 is 0 Å². The first-order chi connectivity index (χ1) is 9.02. The van der Waals surface area contributed by atoms with Gasteiger partial charge in [0.05, 0.1) is 6.33 Å². The Balaban J connectivity index is 2.49. The molecule has 2 rings (SSSR count). The predicted molar refractivity (Wildman–Crippen MR) is 79.7 cm³/mol. The van der Waals surface area contributed by atoms with Gasteiger partial charge in [0.25, 0.3) is 0 Å². The first-order valence-electron chi connectivity index (χ1n) is 6.84. The fraction of sp³-hybridized carbons (Fsp3) is 0.438. The molecule has 3 nitrogen and oxygen atoms in total. The van der Waals surface area contributed by atoms with Crippen LogP contribution in [0.5, 0.6) is 0 Å². The molecular weight excluding hydrogens is 234 g/mol. The molecule has 0 radical (unpaired) electrons. The lowest BCUT2D eigenvalue weighted by Crippen LogP contribution is -2.20. The van der Waals surface area contributed by atoms with E-state index in [0.29, 0.717) is 18.4 Å². The summed E-state index contributed by atoms with van der Waals surface area (Å²) in [5.41, 5.74) is 10.8. The minimum Gasteiger partial charge on any atom is -0.330 e. The minimum absolute atomic E-state index is 0.336. The van der Waals surface area contributed by atoms with Crippen LogP contribution in [0.3, 0.4) is 0 Å². The van der Waals surface area contributed by atoms with Crippen molar-refractivity contribution in [2.75, 3.05) is 6.54 Å². The van der Waals surface area contributed by atoms with Crippen LogP contribution in [0.2, 0.25) is 0 Å². The molecule has 0 fully saturated rings. The summed E-state index contributed by atoms with van der Waals surface area (Å²) in [6.45, 7) is 9.30. The number of imidazole rings is 1. The first kappa shape index (κ1) is 13.8. The van der Waals surface area contributed by atoms with Crippen molar-refractivity contribution in [3.8, 4) is 5.69 Å². The summed E-state index contributed by atoms with van der Waals surface area (Å²) >= 11 is 0. The lowest BCUT2D eigenvalue weighted by Gasteiger charge is -2.21. The largest absolute Gasteiger partial charge is 0.330 e. The van der Waals surface area contributed by atoms with Crippen LogP contribution in [0.4, 0.5) is 0 Å². The van der Waals surface area contributed by atoms with Gasteiger partial charge < -0.3 is 10.3 Å². The second-order valence-corrected chi connectivity index (χ2v) is 5.62. The zero-order valence-electron chi connectivity index (χ0n) is 12.2. The van der Waals surface area contributed by atoms with E-state index >= 15 is 0 Å². The third-order valence-corrected chi connectivity index (χ3v) is 3.59. The Hall–Kier alpha value is -1.61. The monoisotopic (exact) mass is 257 g/mol. The summed E-state index contributed by atoms with van der Waals surface area (Å²) in [4.78, 5) is 4.32. The summed E-state index contributed by atoms with van der Waals surface area (Å²) in [7, 11) is 0. The molecule has 2 aromatic rings. The molecule has 102 valence electrons. The van der Waals surface area contributed by atoms with Gasteiger partial charge in [0, 0.05) is 30.0 Å². The maximum absolute atomic E-state index is 5.93. The fourth-order valence-corrected chi connectivity index (χ4v) is 2.62. The van der Waals surface area contributed by atoms with Crippen molar-refractivity contribution in [2.45, 2.75) is 33.6 Å². The zero-order valence-corrected chi connectivity index (χ0v) is 12.2. The van der Waals surface area contributed by atoms with Crippen LogP contribution in [0.1, 0.15) is 36.6 Å². The van der Waals surface area contributed by atoms with Gasteiger partial charge in [-0.3, -0.25) is 0 Å². The van der Waals surface area contributed by atoms with Crippen LogP contribution < -0.4 is 5.73 Å². The van der Waals surface area contributed by atoms with Crippen LogP contribution in [-0.4, -0.2) is 16.1 Å². The second kappa shape index (κ2) is 5.57. The van der Waals surface area contributed by atoms with Gasteiger partial charge in [-0.05, 0) is 43.0 Å². The van der Waals surface area contributed by atoms with Gasteiger partial charge in [0.15, 0.2) is 0 Å². The van der Waals surface area contributed by atoms with Crippen LogP contribution in [0, 0.1) is 19.8 Å². The highest BCUT2D eigenvalue weighted by atomic mass is 15.1. The highest BCUT2D eigenvalue weighted by Crippen LogP contribution is 2.26. The van der Waals surface area contributed by atoms with Crippen LogP contribution in [-0.2, 0) is 0 Å². The van der Waals surface area contributed by atoms with Crippen LogP contribution in [0.15, 0.2) is 30.7 Å². The molecule has 2 N–H and O–H groups in total. The average molecular weight is 257 g/mol. The van der Waals surface area contributed by atoms with Gasteiger partial charge in [-0.1, -0.05) is 19.9 Å². The molecule has 19 heavy (non-hydrogen) atoms. The number of nitrogens with zero attached hydrogens (tertiary/aromatic N) is 2. The Morgan fingerprint density at radius 1 is 1.16 bits per heavy atom. The molecule has 1 heterocycles. The van der Waals surface area contributed by atoms with Crippen molar-refractivity contribution < 1.29 is 0 Å². The summed E-state index contributed by atoms with van der Waals surface area (Å²) in [5.74, 6) is 0.842. The predicted octanol–water partition coefficient (Wildman–Crippen LogP) is 3.19. The van der Waals surface area contributed by atoms with E-state index in [1.807, 2.05) is 12.5 Å². The lowest BCUT2D eigenvalue weighted by atomic mass is 9.93. The minimum atomic E-state index is 0.336. The lowest BCUT2D eigenvalue weighted by molar-refractivity contribution is 0.490. The normalized spacial score (nSPS) is 12.9. The van der Waals surface area contributed by atoms with Gasteiger partial charge in [-0.2, -0.15) is 0 Å². The number of aryl methyl sites for hydroxylation is 2. The average Bonchev–Trinajstić information content (AvgIpc) is 2.77. The molecule has 0 aliphatic carbocycles. The van der Waals surface area contributed by atoms with E-state index in [2.05, 4.69) is 55.4 Å². The summed E-state index contributed by atoms with van der Waals surface area (Å²) in [6.07, 6.45) is 3.82. The summed E-state index contributed by atoms with van der Waals surface area (Å²) < 4.78 is 2.16. The summed E-state index contributed by atoms with van der Waals surface area (Å²) in [5, 5.41) is 0. The second-order valence-electron chi connectivity index (χ2n) is 5.62. The third kappa shape index (κ3) is 2.87. The molecule has 1 aromatic heterocycles. The number of rotatable bonds is 4. The number of nitrogens with two attached hydrogens (primary N) is 1. The molecule has 3 heteroatoms. The Kier molecular flexibility index (Phi) is 4.05. The van der Waals surface area contributed by atoms with Crippen molar-refractivity contribution in [3.05, 3.63) is 47.5 Å². The van der Waals surface area contributed by atoms with Crippen molar-refractivity contribution in [3.63, 3.8) is 0 Å². The maximum Gasteiger partial charge on any atom is 0.0994 e. The number of benzene rings is 1. The van der Waals surface area contributed by atoms with Crippen molar-refractivity contribution in [1.82, 2.24) is 9.55 Å². The Bertz CT molecular complexity index is 535. The quantitative estimate of drug-likeness (QED) is 0.914. The number of aromatic nitrogens is 2.